The fourth-order valence-corrected chi connectivity index (χ4v) is 2.65. The summed E-state index contributed by atoms with van der Waals surface area (Å²) < 4.78 is 1.01. The van der Waals surface area contributed by atoms with Gasteiger partial charge in [-0.2, -0.15) is 0 Å². The molecule has 0 fully saturated rings. The van der Waals surface area contributed by atoms with E-state index in [1.165, 1.54) is 11.1 Å². The maximum atomic E-state index is 4.18. The molecule has 1 N–H and O–H groups in total. The summed E-state index contributed by atoms with van der Waals surface area (Å²) in [5, 5.41) is 3.46. The normalized spacial score (nSPS) is 10.9. The van der Waals surface area contributed by atoms with Crippen LogP contribution in [0.1, 0.15) is 25.0 Å². The van der Waals surface area contributed by atoms with Crippen LogP contribution < -0.4 is 5.32 Å². The van der Waals surface area contributed by atoms with Crippen LogP contribution in [0.15, 0.2) is 47.2 Å². The Morgan fingerprint density at radius 2 is 1.90 bits per heavy atom. The summed E-state index contributed by atoms with van der Waals surface area (Å²) in [4.78, 5) is 6.60. The summed E-state index contributed by atoms with van der Waals surface area (Å²) in [6.07, 6.45) is 3.69. The highest BCUT2D eigenvalue weighted by atomic mass is 79.9. The van der Waals surface area contributed by atoms with Gasteiger partial charge in [-0.15, -0.1) is 0 Å². The van der Waals surface area contributed by atoms with E-state index in [0.717, 1.165) is 36.3 Å². The average molecular weight is 348 g/mol. The number of anilines is 1. The van der Waals surface area contributed by atoms with Crippen molar-refractivity contribution in [1.29, 1.82) is 0 Å². The third-order valence-electron chi connectivity index (χ3n) is 3.49. The molecule has 1 heterocycles. The SMILES string of the molecule is CCN(CC)Cc1cccc(NCc2cncc(Br)c2)c1. The van der Waals surface area contributed by atoms with Gasteiger partial charge in [-0.3, -0.25) is 9.88 Å². The number of pyridine rings is 1. The number of nitrogens with one attached hydrogen (secondary N) is 1. The molecule has 2 aromatic rings. The zero-order valence-corrected chi connectivity index (χ0v) is 14.2. The highest BCUT2D eigenvalue weighted by Gasteiger charge is 2.02. The van der Waals surface area contributed by atoms with Crippen molar-refractivity contribution in [2.45, 2.75) is 26.9 Å². The fraction of sp³-hybridized carbons (Fsp3) is 0.353. The van der Waals surface area contributed by atoms with Crippen molar-refractivity contribution in [3.05, 3.63) is 58.3 Å². The lowest BCUT2D eigenvalue weighted by molar-refractivity contribution is 0.296. The molecule has 1 aromatic carbocycles. The first kappa shape index (κ1) is 16.0. The highest BCUT2D eigenvalue weighted by molar-refractivity contribution is 9.10. The summed E-state index contributed by atoms with van der Waals surface area (Å²) in [5.41, 5.74) is 3.66. The molecular formula is C17H22BrN3. The van der Waals surface area contributed by atoms with Gasteiger partial charge in [0.05, 0.1) is 0 Å². The lowest BCUT2D eigenvalue weighted by atomic mass is 10.2. The van der Waals surface area contributed by atoms with Crippen molar-refractivity contribution in [1.82, 2.24) is 9.88 Å². The molecule has 0 radical (unpaired) electrons. The van der Waals surface area contributed by atoms with Crippen molar-refractivity contribution in [3.8, 4) is 0 Å². The maximum Gasteiger partial charge on any atom is 0.0416 e. The van der Waals surface area contributed by atoms with Crippen molar-refractivity contribution >= 4 is 21.6 Å². The van der Waals surface area contributed by atoms with Gasteiger partial charge in [-0.05, 0) is 58.3 Å². The second-order valence-corrected chi connectivity index (χ2v) is 5.94. The molecule has 0 saturated carbocycles. The van der Waals surface area contributed by atoms with E-state index < -0.39 is 0 Å². The van der Waals surface area contributed by atoms with E-state index >= 15 is 0 Å². The predicted octanol–water partition coefficient (Wildman–Crippen LogP) is 4.30. The molecule has 4 heteroatoms. The molecule has 1 aromatic heterocycles. The van der Waals surface area contributed by atoms with Crippen molar-refractivity contribution in [2.24, 2.45) is 0 Å². The van der Waals surface area contributed by atoms with E-state index in [2.05, 4.69) is 75.3 Å². The van der Waals surface area contributed by atoms with Crippen LogP contribution >= 0.6 is 15.9 Å². The van der Waals surface area contributed by atoms with Crippen molar-refractivity contribution < 1.29 is 0 Å². The van der Waals surface area contributed by atoms with Crippen LogP contribution in [0.25, 0.3) is 0 Å². The van der Waals surface area contributed by atoms with Crippen LogP contribution in [0.4, 0.5) is 5.69 Å². The Hall–Kier alpha value is -1.39. The number of nitrogens with zero attached hydrogens (tertiary/aromatic N) is 2. The third-order valence-corrected chi connectivity index (χ3v) is 3.92. The topological polar surface area (TPSA) is 28.2 Å². The van der Waals surface area contributed by atoms with Gasteiger partial charge < -0.3 is 5.32 Å². The molecule has 2 rings (SSSR count). The minimum absolute atomic E-state index is 0.779. The Balaban J connectivity index is 1.97. The third kappa shape index (κ3) is 5.14. The average Bonchev–Trinajstić information content (AvgIpc) is 2.51. The fourth-order valence-electron chi connectivity index (χ4n) is 2.24. The molecule has 21 heavy (non-hydrogen) atoms. The van der Waals surface area contributed by atoms with Crippen LogP contribution in [0.2, 0.25) is 0 Å². The zero-order chi connectivity index (χ0) is 15.1. The minimum Gasteiger partial charge on any atom is -0.381 e. The van der Waals surface area contributed by atoms with Gasteiger partial charge in [0, 0.05) is 35.6 Å². The maximum absolute atomic E-state index is 4.18. The molecule has 0 aliphatic carbocycles. The number of rotatable bonds is 7. The van der Waals surface area contributed by atoms with E-state index in [1.807, 2.05) is 6.20 Å². The van der Waals surface area contributed by atoms with Gasteiger partial charge in [-0.1, -0.05) is 26.0 Å². The summed E-state index contributed by atoms with van der Waals surface area (Å²) in [6, 6.07) is 10.7. The molecule has 0 atom stereocenters. The molecule has 0 bridgehead atoms. The quantitative estimate of drug-likeness (QED) is 0.809. The monoisotopic (exact) mass is 347 g/mol. The van der Waals surface area contributed by atoms with Gasteiger partial charge in [0.1, 0.15) is 0 Å². The molecule has 0 aliphatic heterocycles. The Labute approximate surface area is 135 Å². The van der Waals surface area contributed by atoms with E-state index in [0.29, 0.717) is 0 Å². The van der Waals surface area contributed by atoms with Gasteiger partial charge in [0.2, 0.25) is 0 Å². The molecule has 3 nitrogen and oxygen atoms in total. The van der Waals surface area contributed by atoms with Gasteiger partial charge in [0.25, 0.3) is 0 Å². The number of hydrogen-bond acceptors (Lipinski definition) is 3. The summed E-state index contributed by atoms with van der Waals surface area (Å²) in [6.45, 7) is 8.34. The Morgan fingerprint density at radius 3 is 2.62 bits per heavy atom. The molecule has 0 unspecified atom stereocenters. The zero-order valence-electron chi connectivity index (χ0n) is 12.6. The molecule has 0 spiro atoms. The van der Waals surface area contributed by atoms with Crippen LogP contribution in [-0.2, 0) is 13.1 Å². The lowest BCUT2D eigenvalue weighted by Gasteiger charge is -2.18. The van der Waals surface area contributed by atoms with Crippen LogP contribution in [0.3, 0.4) is 0 Å². The first-order valence-electron chi connectivity index (χ1n) is 7.36. The second kappa shape index (κ2) is 8.15. The van der Waals surface area contributed by atoms with Gasteiger partial charge >= 0.3 is 0 Å². The molecule has 0 aliphatic rings. The highest BCUT2D eigenvalue weighted by Crippen LogP contribution is 2.15. The predicted molar refractivity (Wildman–Crippen MR) is 92.3 cm³/mol. The molecular weight excluding hydrogens is 326 g/mol. The van der Waals surface area contributed by atoms with E-state index in [1.54, 1.807) is 6.20 Å². The van der Waals surface area contributed by atoms with Gasteiger partial charge in [0.15, 0.2) is 0 Å². The molecule has 0 saturated heterocycles. The van der Waals surface area contributed by atoms with E-state index in [9.17, 15) is 0 Å². The lowest BCUT2D eigenvalue weighted by Crippen LogP contribution is -2.22. The summed E-state index contributed by atoms with van der Waals surface area (Å²) in [7, 11) is 0. The minimum atomic E-state index is 0.779. The van der Waals surface area contributed by atoms with Crippen LogP contribution in [0, 0.1) is 0 Å². The van der Waals surface area contributed by atoms with E-state index in [4.69, 9.17) is 0 Å². The standard InChI is InChI=1S/C17H22BrN3/c1-3-21(4-2)13-14-6-5-7-17(9-14)20-11-15-8-16(18)12-19-10-15/h5-10,12,20H,3-4,11,13H2,1-2H3. The second-order valence-electron chi connectivity index (χ2n) is 5.03. The number of hydrogen-bond donors (Lipinski definition) is 1. The number of benzene rings is 1. The molecule has 0 amide bonds. The summed E-state index contributed by atoms with van der Waals surface area (Å²) >= 11 is 3.45. The Morgan fingerprint density at radius 1 is 1.10 bits per heavy atom. The van der Waals surface area contributed by atoms with E-state index in [-0.39, 0.29) is 0 Å². The smallest absolute Gasteiger partial charge is 0.0416 e. The van der Waals surface area contributed by atoms with Crippen molar-refractivity contribution in [3.63, 3.8) is 0 Å². The molecule has 112 valence electrons. The van der Waals surface area contributed by atoms with Crippen LogP contribution in [0.5, 0.6) is 0 Å². The Kier molecular flexibility index (Phi) is 6.21. The number of aromatic nitrogens is 1. The van der Waals surface area contributed by atoms with Crippen molar-refractivity contribution in [2.75, 3.05) is 18.4 Å². The Bertz CT molecular complexity index is 567. The van der Waals surface area contributed by atoms with Gasteiger partial charge in [-0.25, -0.2) is 0 Å². The number of halogens is 1. The van der Waals surface area contributed by atoms with Crippen LogP contribution in [-0.4, -0.2) is 23.0 Å². The first-order chi connectivity index (χ1) is 10.2. The largest absolute Gasteiger partial charge is 0.381 e. The first-order valence-corrected chi connectivity index (χ1v) is 8.15. The summed E-state index contributed by atoms with van der Waals surface area (Å²) in [5.74, 6) is 0.